The molecule has 0 aliphatic rings. The van der Waals surface area contributed by atoms with Crippen LogP contribution in [0.3, 0.4) is 0 Å². The fraction of sp³-hybridized carbons (Fsp3) is 0.182. The number of aryl methyl sites for hydroxylation is 1. The summed E-state index contributed by atoms with van der Waals surface area (Å²) < 4.78 is 33.7. The number of phenolic OH excluding ortho intramolecular Hbond substituents is 1. The molecule has 3 rings (SSSR count). The Morgan fingerprint density at radius 2 is 1.70 bits per heavy atom. The van der Waals surface area contributed by atoms with E-state index in [0.717, 1.165) is 11.1 Å². The summed E-state index contributed by atoms with van der Waals surface area (Å²) in [5, 5.41) is 10.00. The van der Waals surface area contributed by atoms with Gasteiger partial charge in [0.2, 0.25) is 0 Å². The average Bonchev–Trinajstić information content (AvgIpc) is 2.64. The Morgan fingerprint density at radius 3 is 2.37 bits per heavy atom. The van der Waals surface area contributed by atoms with E-state index >= 15 is 0 Å². The minimum absolute atomic E-state index is 0.00947. The van der Waals surface area contributed by atoms with Gasteiger partial charge in [-0.05, 0) is 66.9 Å². The summed E-state index contributed by atoms with van der Waals surface area (Å²) in [6.07, 6.45) is 0. The van der Waals surface area contributed by atoms with Crippen LogP contribution in [0.2, 0.25) is 0 Å². The first-order valence-electron chi connectivity index (χ1n) is 8.50. The summed E-state index contributed by atoms with van der Waals surface area (Å²) >= 11 is 0. The Kier molecular flexibility index (Phi) is 5.04. The number of hydrogen-bond acceptors (Lipinski definition) is 3. The second-order valence-corrected chi connectivity index (χ2v) is 6.46. The summed E-state index contributed by atoms with van der Waals surface area (Å²) in [6, 6.07) is 12.6. The zero-order valence-electron chi connectivity index (χ0n) is 15.7. The summed E-state index contributed by atoms with van der Waals surface area (Å²) in [5.74, 6) is -0.190. The molecule has 0 heterocycles. The van der Waals surface area contributed by atoms with Crippen LogP contribution >= 0.6 is 0 Å². The molecule has 0 aliphatic carbocycles. The topological polar surface area (TPSA) is 32.7 Å². The molecule has 0 amide bonds. The normalized spacial score (nSPS) is 10.7. The molecule has 1 N–H and O–H groups in total. The van der Waals surface area contributed by atoms with Crippen molar-refractivity contribution in [1.82, 2.24) is 0 Å². The highest BCUT2D eigenvalue weighted by Gasteiger charge is 2.20. The SMILES string of the molecule is COc1c(C)cc(-c2cccc(F)c2)cc1N(C)c1c(F)ccc(O)c1C. The molecule has 0 radical (unpaired) electrons. The van der Waals surface area contributed by atoms with Crippen molar-refractivity contribution in [3.05, 3.63) is 71.3 Å². The summed E-state index contributed by atoms with van der Waals surface area (Å²) in [7, 11) is 3.25. The number of benzene rings is 3. The van der Waals surface area contributed by atoms with E-state index in [1.807, 2.05) is 25.1 Å². The van der Waals surface area contributed by atoms with Gasteiger partial charge >= 0.3 is 0 Å². The molecule has 0 unspecified atom stereocenters. The van der Waals surface area contributed by atoms with Crippen molar-refractivity contribution in [2.45, 2.75) is 13.8 Å². The van der Waals surface area contributed by atoms with Crippen molar-refractivity contribution in [2.24, 2.45) is 0 Å². The number of rotatable bonds is 4. The Bertz CT molecular complexity index is 1000. The van der Waals surface area contributed by atoms with Gasteiger partial charge in [0, 0.05) is 12.6 Å². The van der Waals surface area contributed by atoms with Crippen molar-refractivity contribution in [3.63, 3.8) is 0 Å². The number of halogens is 2. The van der Waals surface area contributed by atoms with Crippen LogP contribution in [-0.4, -0.2) is 19.3 Å². The van der Waals surface area contributed by atoms with E-state index in [0.29, 0.717) is 22.6 Å². The van der Waals surface area contributed by atoms with Gasteiger partial charge in [-0.2, -0.15) is 0 Å². The van der Waals surface area contributed by atoms with Crippen LogP contribution in [0.15, 0.2) is 48.5 Å². The molecule has 3 aromatic rings. The highest BCUT2D eigenvalue weighted by Crippen LogP contribution is 2.42. The zero-order valence-corrected chi connectivity index (χ0v) is 15.7. The van der Waals surface area contributed by atoms with Gasteiger partial charge in [-0.1, -0.05) is 12.1 Å². The van der Waals surface area contributed by atoms with Crippen LogP contribution in [0.25, 0.3) is 11.1 Å². The largest absolute Gasteiger partial charge is 0.508 e. The van der Waals surface area contributed by atoms with Crippen LogP contribution in [-0.2, 0) is 0 Å². The minimum Gasteiger partial charge on any atom is -0.508 e. The zero-order chi connectivity index (χ0) is 19.7. The maximum atomic E-state index is 14.5. The van der Waals surface area contributed by atoms with Crippen LogP contribution in [0, 0.1) is 25.5 Å². The van der Waals surface area contributed by atoms with Gasteiger partial charge in [0.15, 0.2) is 0 Å². The van der Waals surface area contributed by atoms with Crippen molar-refractivity contribution < 1.29 is 18.6 Å². The number of nitrogens with zero attached hydrogens (tertiary/aromatic N) is 1. The third-order valence-electron chi connectivity index (χ3n) is 4.67. The van der Waals surface area contributed by atoms with E-state index in [1.165, 1.54) is 24.3 Å². The summed E-state index contributed by atoms with van der Waals surface area (Å²) in [5.41, 5.74) is 3.62. The molecule has 0 saturated heterocycles. The third kappa shape index (κ3) is 3.45. The Hall–Kier alpha value is -3.08. The van der Waals surface area contributed by atoms with Crippen LogP contribution < -0.4 is 9.64 Å². The lowest BCUT2D eigenvalue weighted by Gasteiger charge is -2.26. The van der Waals surface area contributed by atoms with Gasteiger partial charge in [0.05, 0.1) is 18.5 Å². The van der Waals surface area contributed by atoms with Gasteiger partial charge in [-0.25, -0.2) is 8.78 Å². The van der Waals surface area contributed by atoms with E-state index < -0.39 is 5.82 Å². The molecule has 0 saturated carbocycles. The molecule has 0 spiro atoms. The van der Waals surface area contributed by atoms with Gasteiger partial charge in [0.25, 0.3) is 0 Å². The first kappa shape index (κ1) is 18.7. The molecule has 0 fully saturated rings. The first-order chi connectivity index (χ1) is 12.8. The van der Waals surface area contributed by atoms with E-state index in [-0.39, 0.29) is 17.3 Å². The van der Waals surface area contributed by atoms with Crippen molar-refractivity contribution in [2.75, 3.05) is 19.1 Å². The quantitative estimate of drug-likeness (QED) is 0.637. The van der Waals surface area contributed by atoms with Gasteiger partial charge in [-0.15, -0.1) is 0 Å². The van der Waals surface area contributed by atoms with Crippen LogP contribution in [0.5, 0.6) is 11.5 Å². The van der Waals surface area contributed by atoms with E-state index in [4.69, 9.17) is 4.74 Å². The van der Waals surface area contributed by atoms with Crippen LogP contribution in [0.4, 0.5) is 20.2 Å². The predicted molar refractivity (Wildman–Crippen MR) is 104 cm³/mol. The molecule has 3 nitrogen and oxygen atoms in total. The number of anilines is 2. The molecule has 27 heavy (non-hydrogen) atoms. The number of methoxy groups -OCH3 is 1. The molecule has 0 bridgehead atoms. The van der Waals surface area contributed by atoms with Gasteiger partial charge in [0.1, 0.15) is 23.1 Å². The fourth-order valence-electron chi connectivity index (χ4n) is 3.29. The maximum Gasteiger partial charge on any atom is 0.147 e. The lowest BCUT2D eigenvalue weighted by molar-refractivity contribution is 0.412. The van der Waals surface area contributed by atoms with Crippen LogP contribution in [0.1, 0.15) is 11.1 Å². The molecular formula is C22H21F2NO2. The number of aromatic hydroxyl groups is 1. The highest BCUT2D eigenvalue weighted by atomic mass is 19.1. The number of phenols is 1. The monoisotopic (exact) mass is 369 g/mol. The van der Waals surface area contributed by atoms with Crippen molar-refractivity contribution >= 4 is 11.4 Å². The maximum absolute atomic E-state index is 14.5. The fourth-order valence-corrected chi connectivity index (χ4v) is 3.29. The molecule has 5 heteroatoms. The number of ether oxygens (including phenoxy) is 1. The van der Waals surface area contributed by atoms with E-state index in [2.05, 4.69) is 0 Å². The average molecular weight is 369 g/mol. The van der Waals surface area contributed by atoms with Crippen molar-refractivity contribution in [1.29, 1.82) is 0 Å². The molecule has 0 aliphatic heterocycles. The predicted octanol–water partition coefficient (Wildman–Crippen LogP) is 5.73. The highest BCUT2D eigenvalue weighted by molar-refractivity contribution is 5.79. The molecular weight excluding hydrogens is 348 g/mol. The van der Waals surface area contributed by atoms with Crippen molar-refractivity contribution in [3.8, 4) is 22.6 Å². The molecule has 0 atom stereocenters. The lowest BCUT2D eigenvalue weighted by Crippen LogP contribution is -2.14. The molecule has 140 valence electrons. The Morgan fingerprint density at radius 1 is 0.963 bits per heavy atom. The van der Waals surface area contributed by atoms with Gasteiger partial charge in [-0.3, -0.25) is 0 Å². The number of hydrogen-bond donors (Lipinski definition) is 1. The second-order valence-electron chi connectivity index (χ2n) is 6.46. The molecule has 3 aromatic carbocycles. The molecule has 0 aromatic heterocycles. The van der Waals surface area contributed by atoms with Gasteiger partial charge < -0.3 is 14.7 Å². The second kappa shape index (κ2) is 7.27. The van der Waals surface area contributed by atoms with E-state index in [1.54, 1.807) is 32.0 Å². The smallest absolute Gasteiger partial charge is 0.147 e. The van der Waals surface area contributed by atoms with E-state index in [9.17, 15) is 13.9 Å². The third-order valence-corrected chi connectivity index (χ3v) is 4.67. The standard InChI is InChI=1S/C22H21F2NO2/c1-13-10-16(15-6-5-7-17(23)11-15)12-19(22(13)27-4)25(3)21-14(2)20(26)9-8-18(21)24/h5-12,26H,1-4H3. The Labute approximate surface area is 157 Å². The Balaban J connectivity index is 2.21. The lowest BCUT2D eigenvalue weighted by atomic mass is 10.0. The first-order valence-corrected chi connectivity index (χ1v) is 8.50. The summed E-state index contributed by atoms with van der Waals surface area (Å²) in [6.45, 7) is 3.53. The summed E-state index contributed by atoms with van der Waals surface area (Å²) in [4.78, 5) is 1.64. The minimum atomic E-state index is -0.455.